The van der Waals surface area contributed by atoms with Crippen molar-refractivity contribution >= 4 is 11.9 Å². The van der Waals surface area contributed by atoms with Gasteiger partial charge in [0, 0.05) is 6.42 Å². The molecule has 1 N–H and O–H groups in total. The Morgan fingerprint density at radius 1 is 1.05 bits per heavy atom. The molecule has 0 aliphatic carbocycles. The molecule has 0 spiro atoms. The SMILES string of the molecule is CCCCCCC(C)C(=O)OCCCCCC(=O)O. The molecule has 0 bridgehead atoms. The molecule has 0 amide bonds. The van der Waals surface area contributed by atoms with Gasteiger partial charge in [-0.25, -0.2) is 0 Å². The molecule has 112 valence electrons. The van der Waals surface area contributed by atoms with Gasteiger partial charge in [-0.3, -0.25) is 9.59 Å². The monoisotopic (exact) mass is 272 g/mol. The lowest BCUT2D eigenvalue weighted by Crippen LogP contribution is -2.15. The van der Waals surface area contributed by atoms with Crippen LogP contribution in [0.4, 0.5) is 0 Å². The Hall–Kier alpha value is -1.06. The molecule has 0 aromatic rings. The van der Waals surface area contributed by atoms with E-state index in [0.717, 1.165) is 25.7 Å². The number of unbranched alkanes of at least 4 members (excludes halogenated alkanes) is 5. The van der Waals surface area contributed by atoms with Gasteiger partial charge in [0.1, 0.15) is 0 Å². The third-order valence-corrected chi connectivity index (χ3v) is 3.17. The molecule has 0 radical (unpaired) electrons. The average Bonchev–Trinajstić information content (AvgIpc) is 2.37. The summed E-state index contributed by atoms with van der Waals surface area (Å²) >= 11 is 0. The van der Waals surface area contributed by atoms with E-state index in [4.69, 9.17) is 9.84 Å². The number of ether oxygens (including phenoxy) is 1. The zero-order valence-corrected chi connectivity index (χ0v) is 12.3. The molecule has 0 aromatic carbocycles. The van der Waals surface area contributed by atoms with Crippen LogP contribution >= 0.6 is 0 Å². The third kappa shape index (κ3) is 11.7. The van der Waals surface area contributed by atoms with Gasteiger partial charge in [-0.2, -0.15) is 0 Å². The number of rotatable bonds is 12. The van der Waals surface area contributed by atoms with Crippen molar-refractivity contribution in [2.24, 2.45) is 5.92 Å². The van der Waals surface area contributed by atoms with Crippen LogP contribution in [-0.4, -0.2) is 23.7 Å². The zero-order chi connectivity index (χ0) is 14.5. The first-order valence-corrected chi connectivity index (χ1v) is 7.46. The minimum atomic E-state index is -0.766. The third-order valence-electron chi connectivity index (χ3n) is 3.17. The second-order valence-electron chi connectivity index (χ2n) is 5.12. The molecular weight excluding hydrogens is 244 g/mol. The van der Waals surface area contributed by atoms with Gasteiger partial charge in [0.2, 0.25) is 0 Å². The maximum atomic E-state index is 11.6. The Balaban J connectivity index is 3.43. The molecule has 4 nitrogen and oxygen atoms in total. The summed E-state index contributed by atoms with van der Waals surface area (Å²) in [6.45, 7) is 4.50. The van der Waals surface area contributed by atoms with Gasteiger partial charge in [0.25, 0.3) is 0 Å². The standard InChI is InChI=1S/C15H28O4/c1-3-4-5-7-10-13(2)15(18)19-12-9-6-8-11-14(16)17/h13H,3-12H2,1-2H3,(H,16,17). The van der Waals surface area contributed by atoms with E-state index in [1.165, 1.54) is 19.3 Å². The maximum absolute atomic E-state index is 11.6. The van der Waals surface area contributed by atoms with E-state index in [0.29, 0.717) is 13.0 Å². The first-order valence-electron chi connectivity index (χ1n) is 7.46. The summed E-state index contributed by atoms with van der Waals surface area (Å²) in [6, 6.07) is 0. The van der Waals surface area contributed by atoms with Crippen LogP contribution in [0.5, 0.6) is 0 Å². The smallest absolute Gasteiger partial charge is 0.308 e. The molecule has 1 unspecified atom stereocenters. The lowest BCUT2D eigenvalue weighted by atomic mass is 10.0. The van der Waals surface area contributed by atoms with Crippen LogP contribution in [0.2, 0.25) is 0 Å². The van der Waals surface area contributed by atoms with Crippen LogP contribution in [-0.2, 0) is 14.3 Å². The zero-order valence-electron chi connectivity index (χ0n) is 12.3. The fraction of sp³-hybridized carbons (Fsp3) is 0.867. The van der Waals surface area contributed by atoms with Crippen molar-refractivity contribution in [3.05, 3.63) is 0 Å². The van der Waals surface area contributed by atoms with Gasteiger partial charge < -0.3 is 9.84 Å². The predicted molar refractivity (Wildman–Crippen MR) is 75.0 cm³/mol. The molecule has 19 heavy (non-hydrogen) atoms. The van der Waals surface area contributed by atoms with E-state index >= 15 is 0 Å². The molecule has 0 aromatic heterocycles. The number of hydrogen-bond acceptors (Lipinski definition) is 3. The summed E-state index contributed by atoms with van der Waals surface area (Å²) in [5, 5.41) is 8.47. The predicted octanol–water partition coefficient (Wildman–Crippen LogP) is 3.78. The van der Waals surface area contributed by atoms with Crippen LogP contribution in [0.3, 0.4) is 0 Å². The minimum Gasteiger partial charge on any atom is -0.481 e. The highest BCUT2D eigenvalue weighted by Gasteiger charge is 2.13. The molecule has 0 fully saturated rings. The Labute approximate surface area is 116 Å². The van der Waals surface area contributed by atoms with Crippen molar-refractivity contribution in [1.29, 1.82) is 0 Å². The second kappa shape index (κ2) is 12.0. The lowest BCUT2D eigenvalue weighted by molar-refractivity contribution is -0.148. The van der Waals surface area contributed by atoms with Gasteiger partial charge in [0.05, 0.1) is 12.5 Å². The Morgan fingerprint density at radius 2 is 1.74 bits per heavy atom. The van der Waals surface area contributed by atoms with Crippen LogP contribution in [0.25, 0.3) is 0 Å². The number of carbonyl (C=O) groups excluding carboxylic acids is 1. The molecule has 0 rings (SSSR count). The van der Waals surface area contributed by atoms with Crippen LogP contribution in [0.15, 0.2) is 0 Å². The number of carboxylic acids is 1. The first kappa shape index (κ1) is 17.9. The molecular formula is C15H28O4. The van der Waals surface area contributed by atoms with Gasteiger partial charge in [-0.05, 0) is 25.7 Å². The fourth-order valence-corrected chi connectivity index (χ4v) is 1.87. The Bertz CT molecular complexity index is 251. The van der Waals surface area contributed by atoms with Crippen molar-refractivity contribution in [3.8, 4) is 0 Å². The largest absolute Gasteiger partial charge is 0.481 e. The van der Waals surface area contributed by atoms with Gasteiger partial charge in [0.15, 0.2) is 0 Å². The highest BCUT2D eigenvalue weighted by molar-refractivity contribution is 5.71. The van der Waals surface area contributed by atoms with E-state index < -0.39 is 5.97 Å². The summed E-state index contributed by atoms with van der Waals surface area (Å²) < 4.78 is 5.18. The second-order valence-corrected chi connectivity index (χ2v) is 5.12. The van der Waals surface area contributed by atoms with E-state index in [1.54, 1.807) is 0 Å². The summed E-state index contributed by atoms with van der Waals surface area (Å²) in [7, 11) is 0. The Kier molecular flexibility index (Phi) is 11.3. The van der Waals surface area contributed by atoms with E-state index in [9.17, 15) is 9.59 Å². The highest BCUT2D eigenvalue weighted by atomic mass is 16.5. The van der Waals surface area contributed by atoms with Crippen LogP contribution in [0.1, 0.15) is 71.6 Å². The van der Waals surface area contributed by atoms with Crippen molar-refractivity contribution in [1.82, 2.24) is 0 Å². The average molecular weight is 272 g/mol. The topological polar surface area (TPSA) is 63.6 Å². The minimum absolute atomic E-state index is 0.0177. The molecule has 0 aliphatic rings. The number of esters is 1. The number of carboxylic acid groups (broad SMARTS) is 1. The van der Waals surface area contributed by atoms with E-state index in [2.05, 4.69) is 6.92 Å². The Morgan fingerprint density at radius 3 is 2.37 bits per heavy atom. The van der Waals surface area contributed by atoms with Crippen LogP contribution < -0.4 is 0 Å². The van der Waals surface area contributed by atoms with Crippen molar-refractivity contribution in [2.45, 2.75) is 71.6 Å². The van der Waals surface area contributed by atoms with Gasteiger partial charge >= 0.3 is 11.9 Å². The fourth-order valence-electron chi connectivity index (χ4n) is 1.87. The normalized spacial score (nSPS) is 12.1. The number of carbonyl (C=O) groups is 2. The summed E-state index contributed by atoms with van der Waals surface area (Å²) in [4.78, 5) is 21.9. The summed E-state index contributed by atoms with van der Waals surface area (Å²) in [5.74, 6) is -0.900. The van der Waals surface area contributed by atoms with Crippen molar-refractivity contribution in [3.63, 3.8) is 0 Å². The molecule has 4 heteroatoms. The van der Waals surface area contributed by atoms with Gasteiger partial charge in [-0.15, -0.1) is 0 Å². The van der Waals surface area contributed by atoms with E-state index in [-0.39, 0.29) is 18.3 Å². The molecule has 0 saturated carbocycles. The van der Waals surface area contributed by atoms with Crippen molar-refractivity contribution < 1.29 is 19.4 Å². The number of aliphatic carboxylic acids is 1. The lowest BCUT2D eigenvalue weighted by Gasteiger charge is -2.11. The maximum Gasteiger partial charge on any atom is 0.308 e. The summed E-state index contributed by atoms with van der Waals surface area (Å²) in [5.41, 5.74) is 0. The molecule has 0 saturated heterocycles. The first-order chi connectivity index (χ1) is 9.07. The quantitative estimate of drug-likeness (QED) is 0.434. The highest BCUT2D eigenvalue weighted by Crippen LogP contribution is 2.12. The van der Waals surface area contributed by atoms with Crippen LogP contribution in [0, 0.1) is 5.92 Å². The van der Waals surface area contributed by atoms with Crippen molar-refractivity contribution in [2.75, 3.05) is 6.61 Å². The van der Waals surface area contributed by atoms with Gasteiger partial charge in [-0.1, -0.05) is 39.5 Å². The summed E-state index contributed by atoms with van der Waals surface area (Å²) in [6.07, 6.45) is 8.00. The molecule has 1 atom stereocenters. The number of hydrogen-bond donors (Lipinski definition) is 1. The molecule has 0 heterocycles. The van der Waals surface area contributed by atoms with E-state index in [1.807, 2.05) is 6.92 Å². The molecule has 0 aliphatic heterocycles.